The second-order valence-corrected chi connectivity index (χ2v) is 7.14. The Morgan fingerprint density at radius 1 is 0.931 bits per heavy atom. The zero-order valence-electron chi connectivity index (χ0n) is 16.3. The van der Waals surface area contributed by atoms with E-state index < -0.39 is 0 Å². The Morgan fingerprint density at radius 2 is 1.66 bits per heavy atom. The number of nitrogens with one attached hydrogen (secondary N) is 2. The summed E-state index contributed by atoms with van der Waals surface area (Å²) in [5, 5.41) is 5.62. The fourth-order valence-corrected chi connectivity index (χ4v) is 3.49. The molecule has 2 aromatic rings. The number of carbonyl (C=O) groups is 2. The first-order chi connectivity index (χ1) is 14.1. The van der Waals surface area contributed by atoms with Crippen molar-refractivity contribution in [2.45, 2.75) is 13.5 Å². The number of hydrogen-bond donors (Lipinski definition) is 2. The summed E-state index contributed by atoms with van der Waals surface area (Å²) in [6.45, 7) is 5.45. The molecular weight excluding hydrogens is 372 g/mol. The van der Waals surface area contributed by atoms with Crippen molar-refractivity contribution in [2.24, 2.45) is 0 Å². The van der Waals surface area contributed by atoms with Crippen LogP contribution in [0.25, 0.3) is 0 Å². The summed E-state index contributed by atoms with van der Waals surface area (Å²) in [4.78, 5) is 27.9. The number of nitrogens with zero attached hydrogens (tertiary/aromatic N) is 2. The van der Waals surface area contributed by atoms with Crippen LogP contribution in [0.3, 0.4) is 0 Å². The number of urea groups is 1. The lowest BCUT2D eigenvalue weighted by Gasteiger charge is -2.34. The van der Waals surface area contributed by atoms with Crippen molar-refractivity contribution in [3.05, 3.63) is 48.0 Å². The molecular formula is C21H24N4O4. The number of fused-ring (bicyclic) bond motifs is 1. The lowest BCUT2D eigenvalue weighted by atomic mass is 10.1. The molecule has 0 aliphatic carbocycles. The van der Waals surface area contributed by atoms with Gasteiger partial charge in [-0.3, -0.25) is 9.69 Å². The molecule has 0 atom stereocenters. The van der Waals surface area contributed by atoms with Gasteiger partial charge >= 0.3 is 6.03 Å². The van der Waals surface area contributed by atoms with Gasteiger partial charge in [-0.15, -0.1) is 0 Å². The maximum Gasteiger partial charge on any atom is 0.321 e. The third kappa shape index (κ3) is 4.78. The quantitative estimate of drug-likeness (QED) is 0.830. The van der Waals surface area contributed by atoms with E-state index in [0.717, 1.165) is 31.1 Å². The van der Waals surface area contributed by atoms with Crippen molar-refractivity contribution in [2.75, 3.05) is 43.6 Å². The van der Waals surface area contributed by atoms with Gasteiger partial charge in [0.25, 0.3) is 0 Å². The standard InChI is InChI=1S/C21H24N4O4/c1-15(26)22-17-3-2-4-18(12-17)23-21(27)25-9-7-24(8-10-25)13-16-5-6-19-20(11-16)29-14-28-19/h2-6,11-12H,7-10,13-14H2,1H3,(H,22,26)(H,23,27). The molecule has 3 amide bonds. The van der Waals surface area contributed by atoms with E-state index in [1.165, 1.54) is 12.5 Å². The molecule has 0 radical (unpaired) electrons. The molecule has 29 heavy (non-hydrogen) atoms. The van der Waals surface area contributed by atoms with Crippen LogP contribution >= 0.6 is 0 Å². The molecule has 1 saturated heterocycles. The van der Waals surface area contributed by atoms with Gasteiger partial charge in [-0.05, 0) is 35.9 Å². The highest BCUT2D eigenvalue weighted by molar-refractivity contribution is 5.92. The summed E-state index contributed by atoms with van der Waals surface area (Å²) >= 11 is 0. The topological polar surface area (TPSA) is 83.1 Å². The molecule has 0 aromatic heterocycles. The molecule has 2 aliphatic rings. The zero-order valence-corrected chi connectivity index (χ0v) is 16.3. The predicted octanol–water partition coefficient (Wildman–Crippen LogP) is 2.72. The Morgan fingerprint density at radius 3 is 2.41 bits per heavy atom. The molecule has 0 bridgehead atoms. The molecule has 0 spiro atoms. The largest absolute Gasteiger partial charge is 0.454 e. The molecule has 152 valence electrons. The molecule has 1 fully saturated rings. The molecule has 8 nitrogen and oxygen atoms in total. The monoisotopic (exact) mass is 396 g/mol. The molecule has 2 heterocycles. The fourth-order valence-electron chi connectivity index (χ4n) is 3.49. The molecule has 0 saturated carbocycles. The van der Waals surface area contributed by atoms with E-state index in [-0.39, 0.29) is 18.7 Å². The number of carbonyl (C=O) groups excluding carboxylic acids is 2. The Balaban J connectivity index is 1.28. The average Bonchev–Trinajstić information content (AvgIpc) is 3.16. The van der Waals surface area contributed by atoms with Crippen LogP contribution in [-0.4, -0.2) is 54.7 Å². The van der Waals surface area contributed by atoms with E-state index in [9.17, 15) is 9.59 Å². The van der Waals surface area contributed by atoms with E-state index in [0.29, 0.717) is 24.5 Å². The third-order valence-corrected chi connectivity index (χ3v) is 4.94. The summed E-state index contributed by atoms with van der Waals surface area (Å²) in [6.07, 6.45) is 0. The summed E-state index contributed by atoms with van der Waals surface area (Å²) in [5.41, 5.74) is 2.48. The van der Waals surface area contributed by atoms with Crippen molar-refractivity contribution in [1.82, 2.24) is 9.80 Å². The summed E-state index contributed by atoms with van der Waals surface area (Å²) in [5.74, 6) is 1.44. The zero-order chi connectivity index (χ0) is 20.2. The van der Waals surface area contributed by atoms with E-state index in [2.05, 4.69) is 21.6 Å². The van der Waals surface area contributed by atoms with Gasteiger partial charge in [0.15, 0.2) is 11.5 Å². The van der Waals surface area contributed by atoms with E-state index >= 15 is 0 Å². The lowest BCUT2D eigenvalue weighted by molar-refractivity contribution is -0.114. The van der Waals surface area contributed by atoms with Crippen LogP contribution < -0.4 is 20.1 Å². The second kappa shape index (κ2) is 8.40. The van der Waals surface area contributed by atoms with E-state index in [1.54, 1.807) is 29.2 Å². The van der Waals surface area contributed by atoms with E-state index in [4.69, 9.17) is 9.47 Å². The number of ether oxygens (including phenoxy) is 2. The van der Waals surface area contributed by atoms with Gasteiger partial charge in [0, 0.05) is 51.0 Å². The Labute approximate surface area is 169 Å². The maximum atomic E-state index is 12.6. The van der Waals surface area contributed by atoms with Gasteiger partial charge in [-0.1, -0.05) is 12.1 Å². The van der Waals surface area contributed by atoms with Crippen LogP contribution in [0.1, 0.15) is 12.5 Å². The maximum absolute atomic E-state index is 12.6. The molecule has 2 aliphatic heterocycles. The lowest BCUT2D eigenvalue weighted by Crippen LogP contribution is -2.49. The van der Waals surface area contributed by atoms with Crippen molar-refractivity contribution in [1.29, 1.82) is 0 Å². The highest BCUT2D eigenvalue weighted by Crippen LogP contribution is 2.32. The van der Waals surface area contributed by atoms with Gasteiger partial charge < -0.3 is 25.0 Å². The van der Waals surface area contributed by atoms with Crippen molar-refractivity contribution in [3.63, 3.8) is 0 Å². The van der Waals surface area contributed by atoms with Crippen molar-refractivity contribution >= 4 is 23.3 Å². The number of anilines is 2. The van der Waals surface area contributed by atoms with Gasteiger partial charge in [-0.2, -0.15) is 0 Å². The molecule has 2 aromatic carbocycles. The van der Waals surface area contributed by atoms with Gasteiger partial charge in [-0.25, -0.2) is 4.79 Å². The SMILES string of the molecule is CC(=O)Nc1cccc(NC(=O)N2CCN(Cc3ccc4c(c3)OCO4)CC2)c1. The number of amides is 3. The van der Waals surface area contributed by atoms with Crippen LogP contribution in [-0.2, 0) is 11.3 Å². The van der Waals surface area contributed by atoms with Crippen LogP contribution in [0.15, 0.2) is 42.5 Å². The van der Waals surface area contributed by atoms with Gasteiger partial charge in [0.05, 0.1) is 0 Å². The molecule has 4 rings (SSSR count). The van der Waals surface area contributed by atoms with Crippen molar-refractivity contribution < 1.29 is 19.1 Å². The minimum atomic E-state index is -0.146. The van der Waals surface area contributed by atoms with Crippen LogP contribution in [0.4, 0.5) is 16.2 Å². The smallest absolute Gasteiger partial charge is 0.321 e. The Kier molecular flexibility index (Phi) is 5.53. The Bertz CT molecular complexity index is 909. The molecule has 0 unspecified atom stereocenters. The first-order valence-electron chi connectivity index (χ1n) is 9.61. The highest BCUT2D eigenvalue weighted by Gasteiger charge is 2.22. The number of benzene rings is 2. The fraction of sp³-hybridized carbons (Fsp3) is 0.333. The van der Waals surface area contributed by atoms with Crippen molar-refractivity contribution in [3.8, 4) is 11.5 Å². The third-order valence-electron chi connectivity index (χ3n) is 4.94. The summed E-state index contributed by atoms with van der Waals surface area (Å²) in [7, 11) is 0. The molecule has 2 N–H and O–H groups in total. The predicted molar refractivity (Wildman–Crippen MR) is 109 cm³/mol. The highest BCUT2D eigenvalue weighted by atomic mass is 16.7. The van der Waals surface area contributed by atoms with E-state index in [1.807, 2.05) is 12.1 Å². The summed E-state index contributed by atoms with van der Waals surface area (Å²) in [6, 6.07) is 13.0. The Hall–Kier alpha value is -3.26. The van der Waals surface area contributed by atoms with Gasteiger partial charge in [0.2, 0.25) is 12.7 Å². The number of rotatable bonds is 4. The summed E-state index contributed by atoms with van der Waals surface area (Å²) < 4.78 is 10.8. The van der Waals surface area contributed by atoms with Crippen LogP contribution in [0.5, 0.6) is 11.5 Å². The average molecular weight is 396 g/mol. The first kappa shape index (κ1) is 19.1. The van der Waals surface area contributed by atoms with Gasteiger partial charge in [0.1, 0.15) is 0 Å². The number of piperazine rings is 1. The minimum absolute atomic E-state index is 0.132. The minimum Gasteiger partial charge on any atom is -0.454 e. The van der Waals surface area contributed by atoms with Crippen LogP contribution in [0.2, 0.25) is 0 Å². The van der Waals surface area contributed by atoms with Crippen LogP contribution in [0, 0.1) is 0 Å². The first-order valence-corrected chi connectivity index (χ1v) is 9.61. The molecule has 8 heteroatoms. The normalized spacial score (nSPS) is 15.8. The second-order valence-electron chi connectivity index (χ2n) is 7.14. The number of hydrogen-bond acceptors (Lipinski definition) is 5.